The standard InChI is InChI=1S/C16H16FN3O/c1-10(18)16-19-14-8-7-13(17)12(9-21)15(14)20(16)11-5-3-2-4-6-11/h2-8,10,21H,9,18H2,1H3. The van der Waals surface area contributed by atoms with Crippen LogP contribution in [0.5, 0.6) is 0 Å². The molecule has 3 aromatic rings. The third kappa shape index (κ3) is 2.20. The number of imidazole rings is 1. The number of aliphatic hydroxyl groups is 1. The Morgan fingerprint density at radius 3 is 2.57 bits per heavy atom. The number of nitrogens with zero attached hydrogens (tertiary/aromatic N) is 2. The number of para-hydroxylation sites is 1. The molecule has 0 aliphatic carbocycles. The van der Waals surface area contributed by atoms with Gasteiger partial charge in [-0.15, -0.1) is 0 Å². The van der Waals surface area contributed by atoms with Crippen LogP contribution >= 0.6 is 0 Å². The van der Waals surface area contributed by atoms with Gasteiger partial charge in [0.25, 0.3) is 0 Å². The third-order valence-corrected chi connectivity index (χ3v) is 3.47. The first kappa shape index (κ1) is 13.7. The summed E-state index contributed by atoms with van der Waals surface area (Å²) in [5, 5.41) is 9.52. The van der Waals surface area contributed by atoms with Gasteiger partial charge in [0.05, 0.1) is 23.7 Å². The first-order chi connectivity index (χ1) is 10.1. The maximum atomic E-state index is 14.0. The molecular weight excluding hydrogens is 269 g/mol. The van der Waals surface area contributed by atoms with Crippen molar-refractivity contribution in [3.63, 3.8) is 0 Å². The monoisotopic (exact) mass is 285 g/mol. The lowest BCUT2D eigenvalue weighted by Crippen LogP contribution is -2.13. The van der Waals surface area contributed by atoms with Crippen LogP contribution in [0.4, 0.5) is 4.39 Å². The summed E-state index contributed by atoms with van der Waals surface area (Å²) in [7, 11) is 0. The molecule has 0 aliphatic heterocycles. The first-order valence-corrected chi connectivity index (χ1v) is 6.75. The zero-order valence-corrected chi connectivity index (χ0v) is 11.6. The van der Waals surface area contributed by atoms with Crippen molar-refractivity contribution in [1.82, 2.24) is 9.55 Å². The largest absolute Gasteiger partial charge is 0.391 e. The van der Waals surface area contributed by atoms with E-state index in [-0.39, 0.29) is 18.2 Å². The van der Waals surface area contributed by atoms with Crippen LogP contribution in [-0.2, 0) is 6.61 Å². The van der Waals surface area contributed by atoms with Gasteiger partial charge in [0.1, 0.15) is 11.6 Å². The number of rotatable bonds is 3. The van der Waals surface area contributed by atoms with Crippen LogP contribution in [0.2, 0.25) is 0 Å². The van der Waals surface area contributed by atoms with Crippen molar-refractivity contribution in [2.24, 2.45) is 5.73 Å². The van der Waals surface area contributed by atoms with E-state index in [4.69, 9.17) is 5.73 Å². The molecule has 4 nitrogen and oxygen atoms in total. The summed E-state index contributed by atoms with van der Waals surface area (Å²) in [4.78, 5) is 4.50. The van der Waals surface area contributed by atoms with Gasteiger partial charge in [-0.1, -0.05) is 18.2 Å². The molecule has 0 radical (unpaired) electrons. The highest BCUT2D eigenvalue weighted by Gasteiger charge is 2.19. The molecule has 0 aliphatic rings. The number of halogens is 1. The molecule has 0 bridgehead atoms. The minimum atomic E-state index is -0.446. The summed E-state index contributed by atoms with van der Waals surface area (Å²) in [5.74, 6) is 0.190. The number of hydrogen-bond acceptors (Lipinski definition) is 3. The first-order valence-electron chi connectivity index (χ1n) is 6.75. The number of nitrogens with two attached hydrogens (primary N) is 1. The predicted molar refractivity (Wildman–Crippen MR) is 79.6 cm³/mol. The summed E-state index contributed by atoms with van der Waals surface area (Å²) in [6, 6.07) is 12.1. The van der Waals surface area contributed by atoms with Crippen LogP contribution in [0.25, 0.3) is 16.7 Å². The van der Waals surface area contributed by atoms with Gasteiger partial charge in [0.2, 0.25) is 0 Å². The van der Waals surface area contributed by atoms with E-state index >= 15 is 0 Å². The second-order valence-corrected chi connectivity index (χ2v) is 4.98. The average molecular weight is 285 g/mol. The van der Waals surface area contributed by atoms with E-state index in [1.54, 1.807) is 6.07 Å². The summed E-state index contributed by atoms with van der Waals surface area (Å²) >= 11 is 0. The summed E-state index contributed by atoms with van der Waals surface area (Å²) in [6.45, 7) is 1.44. The van der Waals surface area contributed by atoms with Crippen LogP contribution in [0.3, 0.4) is 0 Å². The van der Waals surface area contributed by atoms with E-state index in [1.165, 1.54) is 6.07 Å². The molecule has 0 saturated carbocycles. The van der Waals surface area contributed by atoms with Crippen LogP contribution in [0.1, 0.15) is 24.4 Å². The molecule has 0 spiro atoms. The lowest BCUT2D eigenvalue weighted by atomic mass is 10.1. The summed E-state index contributed by atoms with van der Waals surface area (Å²) in [5.41, 5.74) is 8.27. The molecule has 1 heterocycles. The molecule has 21 heavy (non-hydrogen) atoms. The minimum Gasteiger partial charge on any atom is -0.391 e. The zero-order valence-electron chi connectivity index (χ0n) is 11.6. The van der Waals surface area contributed by atoms with E-state index in [2.05, 4.69) is 4.98 Å². The van der Waals surface area contributed by atoms with Crippen LogP contribution in [0, 0.1) is 5.82 Å². The molecule has 1 atom stereocenters. The highest BCUT2D eigenvalue weighted by Crippen LogP contribution is 2.28. The maximum Gasteiger partial charge on any atom is 0.131 e. The Morgan fingerprint density at radius 1 is 1.24 bits per heavy atom. The Hall–Kier alpha value is -2.24. The number of aliphatic hydroxyl groups excluding tert-OH is 1. The Morgan fingerprint density at radius 2 is 1.95 bits per heavy atom. The van der Waals surface area contributed by atoms with Crippen LogP contribution in [-0.4, -0.2) is 14.7 Å². The lowest BCUT2D eigenvalue weighted by Gasteiger charge is -2.13. The number of benzene rings is 2. The van der Waals surface area contributed by atoms with Gasteiger partial charge in [-0.25, -0.2) is 9.37 Å². The van der Waals surface area contributed by atoms with Gasteiger partial charge in [0.15, 0.2) is 0 Å². The molecule has 5 heteroatoms. The molecule has 1 aromatic heterocycles. The normalized spacial score (nSPS) is 12.8. The topological polar surface area (TPSA) is 64.1 Å². The quantitative estimate of drug-likeness (QED) is 0.777. The molecule has 0 fully saturated rings. The predicted octanol–water partition coefficient (Wildman–Crippen LogP) is 2.68. The second kappa shape index (κ2) is 5.27. The number of aromatic nitrogens is 2. The van der Waals surface area contributed by atoms with Crippen molar-refractivity contribution in [2.45, 2.75) is 19.6 Å². The fourth-order valence-corrected chi connectivity index (χ4v) is 2.52. The molecule has 3 rings (SSSR count). The average Bonchev–Trinajstić information content (AvgIpc) is 2.88. The number of fused-ring (bicyclic) bond motifs is 1. The molecule has 0 saturated heterocycles. The van der Waals surface area contributed by atoms with Crippen molar-refractivity contribution in [2.75, 3.05) is 0 Å². The van der Waals surface area contributed by atoms with Gasteiger partial charge in [-0.05, 0) is 31.2 Å². The highest BCUT2D eigenvalue weighted by atomic mass is 19.1. The smallest absolute Gasteiger partial charge is 0.131 e. The van der Waals surface area contributed by atoms with E-state index in [9.17, 15) is 9.50 Å². The molecule has 3 N–H and O–H groups in total. The van der Waals surface area contributed by atoms with Crippen molar-refractivity contribution < 1.29 is 9.50 Å². The SMILES string of the molecule is CC(N)c1nc2ccc(F)c(CO)c2n1-c1ccccc1. The molecule has 108 valence electrons. The Bertz CT molecular complexity index is 781. The van der Waals surface area contributed by atoms with Crippen molar-refractivity contribution in [3.8, 4) is 5.69 Å². The Labute approximate surface area is 121 Å². The minimum absolute atomic E-state index is 0.232. The van der Waals surface area contributed by atoms with Gasteiger partial charge in [-0.2, -0.15) is 0 Å². The molecule has 0 amide bonds. The van der Waals surface area contributed by atoms with Crippen LogP contribution in [0.15, 0.2) is 42.5 Å². The Kier molecular flexibility index (Phi) is 3.45. The van der Waals surface area contributed by atoms with Gasteiger partial charge < -0.3 is 10.8 Å². The zero-order chi connectivity index (χ0) is 15.0. The Balaban J connectivity index is 2.44. The highest BCUT2D eigenvalue weighted by molar-refractivity contribution is 5.82. The summed E-state index contributed by atoms with van der Waals surface area (Å²) < 4.78 is 15.8. The van der Waals surface area contributed by atoms with E-state index < -0.39 is 5.82 Å². The van der Waals surface area contributed by atoms with Gasteiger partial charge >= 0.3 is 0 Å². The third-order valence-electron chi connectivity index (χ3n) is 3.47. The summed E-state index contributed by atoms with van der Waals surface area (Å²) in [6.07, 6.45) is 0. The van der Waals surface area contributed by atoms with Gasteiger partial charge in [0, 0.05) is 11.3 Å². The molecular formula is C16H16FN3O. The fourth-order valence-electron chi connectivity index (χ4n) is 2.52. The maximum absolute atomic E-state index is 14.0. The van der Waals surface area contributed by atoms with Crippen molar-refractivity contribution >= 4 is 11.0 Å². The second-order valence-electron chi connectivity index (χ2n) is 4.98. The fraction of sp³-hybridized carbons (Fsp3) is 0.188. The van der Waals surface area contributed by atoms with E-state index in [0.717, 1.165) is 5.69 Å². The lowest BCUT2D eigenvalue weighted by molar-refractivity contribution is 0.277. The molecule has 1 unspecified atom stereocenters. The van der Waals surface area contributed by atoms with E-state index in [1.807, 2.05) is 41.8 Å². The van der Waals surface area contributed by atoms with Crippen LogP contribution < -0.4 is 5.73 Å². The molecule has 2 aromatic carbocycles. The van der Waals surface area contributed by atoms with Gasteiger partial charge in [-0.3, -0.25) is 4.57 Å². The van der Waals surface area contributed by atoms with Crippen molar-refractivity contribution in [1.29, 1.82) is 0 Å². The number of hydrogen-bond donors (Lipinski definition) is 2. The van der Waals surface area contributed by atoms with Crippen molar-refractivity contribution in [3.05, 3.63) is 59.7 Å². The van der Waals surface area contributed by atoms with E-state index in [0.29, 0.717) is 16.9 Å².